The summed E-state index contributed by atoms with van der Waals surface area (Å²) in [5.41, 5.74) is -0.991. The van der Waals surface area contributed by atoms with E-state index in [1.165, 1.54) is 19.3 Å². The molecule has 0 aliphatic heterocycles. The molecule has 5 rings (SSSR count). The first-order valence-corrected chi connectivity index (χ1v) is 9.42. The molecule has 0 unspecified atom stereocenters. The largest absolute Gasteiger partial charge is 0.451 e. The van der Waals surface area contributed by atoms with Gasteiger partial charge in [0.2, 0.25) is 5.82 Å². The van der Waals surface area contributed by atoms with Crippen LogP contribution in [0.4, 0.5) is 18.0 Å². The lowest BCUT2D eigenvalue weighted by Crippen LogP contribution is -2.61. The van der Waals surface area contributed by atoms with Gasteiger partial charge in [-0.1, -0.05) is 0 Å². The lowest BCUT2D eigenvalue weighted by molar-refractivity contribution is -0.147. The molecule has 150 valence electrons. The van der Waals surface area contributed by atoms with Crippen molar-refractivity contribution in [2.24, 2.45) is 24.8 Å². The Hall–Kier alpha value is -2.00. The summed E-state index contributed by atoms with van der Waals surface area (Å²) in [5, 5.41) is 9.11. The van der Waals surface area contributed by atoms with E-state index in [2.05, 4.69) is 15.7 Å². The van der Waals surface area contributed by atoms with E-state index in [1.54, 1.807) is 0 Å². The van der Waals surface area contributed by atoms with Crippen LogP contribution in [-0.2, 0) is 19.8 Å². The summed E-state index contributed by atoms with van der Waals surface area (Å²) < 4.78 is 39.6. The summed E-state index contributed by atoms with van der Waals surface area (Å²) in [6, 6.07) is -0.322. The van der Waals surface area contributed by atoms with Crippen molar-refractivity contribution in [3.63, 3.8) is 0 Å². The number of rotatable bonds is 4. The predicted octanol–water partition coefficient (Wildman–Crippen LogP) is 1.87. The molecule has 4 fully saturated rings. The van der Waals surface area contributed by atoms with Crippen LogP contribution >= 0.6 is 0 Å². The molecule has 7 nitrogen and oxygen atoms in total. The molecule has 4 aliphatic carbocycles. The minimum Gasteiger partial charge on any atom is -0.336 e. The van der Waals surface area contributed by atoms with Gasteiger partial charge in [0, 0.05) is 19.1 Å². The average Bonchev–Trinajstić information content (AvgIpc) is 2.81. The number of halogens is 3. The number of urea groups is 1. The number of alkyl halides is 3. The van der Waals surface area contributed by atoms with Crippen molar-refractivity contribution >= 4 is 6.03 Å². The van der Waals surface area contributed by atoms with Crippen molar-refractivity contribution in [2.45, 2.75) is 56.8 Å². The van der Waals surface area contributed by atoms with Crippen LogP contribution in [0.15, 0.2) is 4.79 Å². The molecule has 1 aromatic heterocycles. The van der Waals surface area contributed by atoms with Gasteiger partial charge < -0.3 is 10.6 Å². The Balaban J connectivity index is 1.33. The van der Waals surface area contributed by atoms with Crippen LogP contribution in [-0.4, -0.2) is 32.5 Å². The first-order valence-electron chi connectivity index (χ1n) is 9.42. The zero-order valence-electron chi connectivity index (χ0n) is 15.2. The van der Waals surface area contributed by atoms with Gasteiger partial charge >= 0.3 is 17.9 Å². The van der Waals surface area contributed by atoms with Gasteiger partial charge in [-0.15, -0.1) is 5.10 Å². The number of amides is 2. The van der Waals surface area contributed by atoms with Crippen molar-refractivity contribution in [1.29, 1.82) is 0 Å². The summed E-state index contributed by atoms with van der Waals surface area (Å²) in [5.74, 6) is 0.851. The van der Waals surface area contributed by atoms with Crippen molar-refractivity contribution in [3.8, 4) is 0 Å². The number of nitrogens with one attached hydrogen (secondary N) is 2. The Labute approximate surface area is 154 Å². The van der Waals surface area contributed by atoms with Gasteiger partial charge in [0.05, 0.1) is 6.54 Å². The fourth-order valence-corrected chi connectivity index (χ4v) is 5.70. The normalized spacial score (nSPS) is 31.9. The zero-order valence-corrected chi connectivity index (χ0v) is 15.2. The Morgan fingerprint density at radius 3 is 2.22 bits per heavy atom. The first kappa shape index (κ1) is 18.4. The second-order valence-electron chi connectivity index (χ2n) is 8.46. The average molecular weight is 387 g/mol. The third-order valence-corrected chi connectivity index (χ3v) is 6.32. The maximum absolute atomic E-state index is 12.8. The van der Waals surface area contributed by atoms with Crippen LogP contribution in [0.25, 0.3) is 0 Å². The molecule has 1 aromatic rings. The zero-order chi connectivity index (χ0) is 19.4. The van der Waals surface area contributed by atoms with Crippen LogP contribution in [0.5, 0.6) is 0 Å². The minimum atomic E-state index is -4.69. The molecule has 0 radical (unpaired) electrons. The van der Waals surface area contributed by atoms with Gasteiger partial charge in [-0.3, -0.25) is 4.57 Å². The predicted molar refractivity (Wildman–Crippen MR) is 89.9 cm³/mol. The summed E-state index contributed by atoms with van der Waals surface area (Å²) >= 11 is 0. The van der Waals surface area contributed by atoms with Gasteiger partial charge in [0.25, 0.3) is 0 Å². The van der Waals surface area contributed by atoms with Gasteiger partial charge in [-0.2, -0.15) is 13.2 Å². The monoisotopic (exact) mass is 387 g/mol. The maximum Gasteiger partial charge on any atom is 0.451 e. The van der Waals surface area contributed by atoms with E-state index >= 15 is 0 Å². The molecule has 2 N–H and O–H groups in total. The lowest BCUT2D eigenvalue weighted by Gasteiger charge is -2.56. The number of nitrogens with zero attached hydrogens (tertiary/aromatic N) is 3. The Morgan fingerprint density at radius 1 is 1.19 bits per heavy atom. The molecule has 4 bridgehead atoms. The molecule has 0 aromatic carbocycles. The van der Waals surface area contributed by atoms with E-state index < -0.39 is 17.7 Å². The summed E-state index contributed by atoms with van der Waals surface area (Å²) in [7, 11) is 1.03. The van der Waals surface area contributed by atoms with Gasteiger partial charge in [0.1, 0.15) is 0 Å². The molecule has 4 aliphatic rings. The van der Waals surface area contributed by atoms with Crippen LogP contribution in [0.3, 0.4) is 0 Å². The molecular formula is C17H24F3N5O2. The molecule has 0 spiro atoms. The molecule has 1 heterocycles. The van der Waals surface area contributed by atoms with E-state index in [0.717, 1.165) is 31.0 Å². The van der Waals surface area contributed by atoms with Crippen LogP contribution in [0, 0.1) is 17.8 Å². The number of carbonyl (C=O) groups excluding carboxylic acids is 1. The van der Waals surface area contributed by atoms with Crippen molar-refractivity contribution in [2.75, 3.05) is 6.54 Å². The van der Waals surface area contributed by atoms with E-state index in [-0.39, 0.29) is 24.7 Å². The highest BCUT2D eigenvalue weighted by Crippen LogP contribution is 2.55. The fourth-order valence-electron chi connectivity index (χ4n) is 5.70. The van der Waals surface area contributed by atoms with Gasteiger partial charge in [0.15, 0.2) is 0 Å². The number of hydrogen-bond acceptors (Lipinski definition) is 3. The van der Waals surface area contributed by atoms with Gasteiger partial charge in [-0.25, -0.2) is 14.3 Å². The summed E-state index contributed by atoms with van der Waals surface area (Å²) in [6.07, 6.45) is 2.16. The summed E-state index contributed by atoms with van der Waals surface area (Å²) in [6.45, 7) is -0.0799. The smallest absolute Gasteiger partial charge is 0.336 e. The van der Waals surface area contributed by atoms with Crippen molar-refractivity contribution < 1.29 is 18.0 Å². The SMILES string of the molecule is Cn1c(C(F)(F)F)nn(CCNC(=O)NC23CC4CC(CC(C4)C2)C3)c1=O. The highest BCUT2D eigenvalue weighted by atomic mass is 19.4. The van der Waals surface area contributed by atoms with Crippen LogP contribution < -0.4 is 16.3 Å². The highest BCUT2D eigenvalue weighted by molar-refractivity contribution is 5.74. The standard InChI is InChI=1S/C17H24F3N5O2/c1-24-13(17(18,19)20)23-25(15(24)27)3-2-21-14(26)22-16-7-10-4-11(8-16)6-12(5-10)9-16/h10-12H,2-9H2,1H3,(H2,21,22,26). The van der Waals surface area contributed by atoms with Crippen LogP contribution in [0.2, 0.25) is 0 Å². The number of carbonyl (C=O) groups is 1. The molecule has 2 amide bonds. The van der Waals surface area contributed by atoms with E-state index in [9.17, 15) is 22.8 Å². The quantitative estimate of drug-likeness (QED) is 0.828. The van der Waals surface area contributed by atoms with Crippen molar-refractivity contribution in [1.82, 2.24) is 25.0 Å². The van der Waals surface area contributed by atoms with Crippen LogP contribution in [0.1, 0.15) is 44.3 Å². The second kappa shape index (κ2) is 6.27. The van der Waals surface area contributed by atoms with E-state index in [4.69, 9.17) is 0 Å². The third kappa shape index (κ3) is 3.45. The molecule has 4 saturated carbocycles. The Morgan fingerprint density at radius 2 is 1.74 bits per heavy atom. The third-order valence-electron chi connectivity index (χ3n) is 6.32. The van der Waals surface area contributed by atoms with E-state index in [1.807, 2.05) is 0 Å². The lowest BCUT2D eigenvalue weighted by atomic mass is 9.53. The highest BCUT2D eigenvalue weighted by Gasteiger charge is 2.51. The molecule has 27 heavy (non-hydrogen) atoms. The number of hydrogen-bond donors (Lipinski definition) is 2. The fraction of sp³-hybridized carbons (Fsp3) is 0.824. The Kier molecular flexibility index (Phi) is 4.27. The Bertz CT molecular complexity index is 762. The van der Waals surface area contributed by atoms with E-state index in [0.29, 0.717) is 22.3 Å². The second-order valence-corrected chi connectivity index (χ2v) is 8.46. The molecular weight excluding hydrogens is 363 g/mol. The minimum absolute atomic E-state index is 0.0341. The topological polar surface area (TPSA) is 81.0 Å². The maximum atomic E-state index is 12.8. The first-order chi connectivity index (χ1) is 12.7. The summed E-state index contributed by atoms with van der Waals surface area (Å²) in [4.78, 5) is 24.2. The number of aromatic nitrogens is 3. The molecule has 0 atom stereocenters. The van der Waals surface area contributed by atoms with Gasteiger partial charge in [-0.05, 0) is 56.3 Å². The molecule has 0 saturated heterocycles. The van der Waals surface area contributed by atoms with Crippen molar-refractivity contribution in [3.05, 3.63) is 16.3 Å². The molecule has 10 heteroatoms.